The van der Waals surface area contributed by atoms with Crippen molar-refractivity contribution in [3.63, 3.8) is 0 Å². The number of hydrogen-bond donors (Lipinski definition) is 2. The number of imidazole rings is 1. The van der Waals surface area contributed by atoms with E-state index in [1.54, 1.807) is 6.07 Å². The fourth-order valence-corrected chi connectivity index (χ4v) is 3.43. The first kappa shape index (κ1) is 19.0. The Labute approximate surface area is 163 Å². The first-order chi connectivity index (χ1) is 12.7. The highest BCUT2D eigenvalue weighted by molar-refractivity contribution is 6.35. The summed E-state index contributed by atoms with van der Waals surface area (Å²) in [5.41, 5.74) is 3.09. The molecule has 1 heterocycles. The van der Waals surface area contributed by atoms with Crippen molar-refractivity contribution in [3.05, 3.63) is 57.8 Å². The van der Waals surface area contributed by atoms with E-state index in [2.05, 4.69) is 22.2 Å². The minimum Gasteiger partial charge on any atom is -0.492 e. The zero-order valence-corrected chi connectivity index (χ0v) is 16.3. The number of aryl methyl sites for hydroxylation is 1. The van der Waals surface area contributed by atoms with E-state index in [-0.39, 0.29) is 0 Å². The normalized spacial score (nSPS) is 11.2. The average Bonchev–Trinajstić information content (AvgIpc) is 3.03. The molecule has 0 saturated heterocycles. The molecular weight excluding hydrogens is 369 g/mol. The van der Waals surface area contributed by atoms with E-state index in [0.717, 1.165) is 54.0 Å². The molecule has 3 rings (SSSR count). The second kappa shape index (κ2) is 9.26. The molecule has 2 N–H and O–H groups in total. The van der Waals surface area contributed by atoms with Crippen LogP contribution in [0.1, 0.15) is 31.2 Å². The molecule has 3 aromatic rings. The molecule has 26 heavy (non-hydrogen) atoms. The number of nitrogens with one attached hydrogen (secondary N) is 2. The standard InChI is InChI=1S/C20H23Cl2N3O/c1-2-10-26-20-14(11-15(21)12-16(20)22)13-23-9-5-8-19-24-17-6-3-4-7-18(17)25-19/h3-4,6-7,11-12,23H,2,5,8-10,13H2,1H3,(H,24,25). The maximum absolute atomic E-state index is 6.28. The van der Waals surface area contributed by atoms with Gasteiger partial charge in [0.05, 0.1) is 22.7 Å². The fourth-order valence-electron chi connectivity index (χ4n) is 2.84. The van der Waals surface area contributed by atoms with Crippen LogP contribution >= 0.6 is 23.2 Å². The lowest BCUT2D eigenvalue weighted by Crippen LogP contribution is -2.16. The summed E-state index contributed by atoms with van der Waals surface area (Å²) in [7, 11) is 0. The van der Waals surface area contributed by atoms with Gasteiger partial charge in [-0.2, -0.15) is 0 Å². The molecule has 0 aliphatic rings. The molecule has 0 fully saturated rings. The number of fused-ring (bicyclic) bond motifs is 1. The second-order valence-corrected chi connectivity index (χ2v) is 7.05. The molecule has 0 aliphatic carbocycles. The molecule has 4 nitrogen and oxygen atoms in total. The summed E-state index contributed by atoms with van der Waals surface area (Å²) in [6, 6.07) is 11.7. The smallest absolute Gasteiger partial charge is 0.142 e. The third-order valence-electron chi connectivity index (χ3n) is 4.06. The van der Waals surface area contributed by atoms with Gasteiger partial charge in [-0.15, -0.1) is 0 Å². The molecule has 0 amide bonds. The van der Waals surface area contributed by atoms with Crippen molar-refractivity contribution < 1.29 is 4.74 Å². The van der Waals surface area contributed by atoms with Crippen molar-refractivity contribution in [2.75, 3.05) is 13.2 Å². The lowest BCUT2D eigenvalue weighted by Gasteiger charge is -2.14. The number of aromatic nitrogens is 2. The van der Waals surface area contributed by atoms with E-state index >= 15 is 0 Å². The van der Waals surface area contributed by atoms with Crippen LogP contribution in [0.15, 0.2) is 36.4 Å². The van der Waals surface area contributed by atoms with E-state index in [4.69, 9.17) is 27.9 Å². The average molecular weight is 392 g/mol. The highest BCUT2D eigenvalue weighted by Gasteiger charge is 2.10. The molecule has 0 bridgehead atoms. The van der Waals surface area contributed by atoms with Gasteiger partial charge in [0.25, 0.3) is 0 Å². The summed E-state index contributed by atoms with van der Waals surface area (Å²) < 4.78 is 5.79. The largest absolute Gasteiger partial charge is 0.492 e. The van der Waals surface area contributed by atoms with Crippen molar-refractivity contribution in [2.45, 2.75) is 32.7 Å². The highest BCUT2D eigenvalue weighted by atomic mass is 35.5. The van der Waals surface area contributed by atoms with Gasteiger partial charge in [-0.05, 0) is 43.7 Å². The van der Waals surface area contributed by atoms with Gasteiger partial charge in [-0.1, -0.05) is 42.3 Å². The lowest BCUT2D eigenvalue weighted by atomic mass is 10.2. The Morgan fingerprint density at radius 2 is 2.04 bits per heavy atom. The van der Waals surface area contributed by atoms with Gasteiger partial charge in [0.15, 0.2) is 0 Å². The van der Waals surface area contributed by atoms with Crippen molar-refractivity contribution in [3.8, 4) is 5.75 Å². The van der Waals surface area contributed by atoms with Gasteiger partial charge in [0.1, 0.15) is 11.6 Å². The molecule has 0 radical (unpaired) electrons. The van der Waals surface area contributed by atoms with Crippen molar-refractivity contribution in [2.24, 2.45) is 0 Å². The van der Waals surface area contributed by atoms with Gasteiger partial charge >= 0.3 is 0 Å². The van der Waals surface area contributed by atoms with Crippen molar-refractivity contribution in [1.82, 2.24) is 15.3 Å². The summed E-state index contributed by atoms with van der Waals surface area (Å²) in [5, 5.41) is 4.62. The zero-order valence-electron chi connectivity index (χ0n) is 14.8. The van der Waals surface area contributed by atoms with E-state index < -0.39 is 0 Å². The minimum absolute atomic E-state index is 0.560. The van der Waals surface area contributed by atoms with Crippen LogP contribution in [-0.2, 0) is 13.0 Å². The van der Waals surface area contributed by atoms with Gasteiger partial charge in [0, 0.05) is 23.6 Å². The molecule has 0 unspecified atom stereocenters. The molecule has 138 valence electrons. The summed E-state index contributed by atoms with van der Waals surface area (Å²) in [5.74, 6) is 1.74. The van der Waals surface area contributed by atoms with E-state index in [1.807, 2.05) is 30.3 Å². The Morgan fingerprint density at radius 3 is 2.85 bits per heavy atom. The molecule has 0 saturated carbocycles. The van der Waals surface area contributed by atoms with E-state index in [1.165, 1.54) is 0 Å². The topological polar surface area (TPSA) is 49.9 Å². The number of hydrogen-bond acceptors (Lipinski definition) is 3. The third-order valence-corrected chi connectivity index (χ3v) is 4.56. The number of H-pyrrole nitrogens is 1. The minimum atomic E-state index is 0.560. The van der Waals surface area contributed by atoms with Gasteiger partial charge in [0.2, 0.25) is 0 Å². The van der Waals surface area contributed by atoms with Gasteiger partial charge in [-0.25, -0.2) is 4.98 Å². The highest BCUT2D eigenvalue weighted by Crippen LogP contribution is 2.32. The number of ether oxygens (including phenoxy) is 1. The van der Waals surface area contributed by atoms with Crippen LogP contribution < -0.4 is 10.1 Å². The molecule has 6 heteroatoms. The van der Waals surface area contributed by atoms with Gasteiger partial charge in [-0.3, -0.25) is 0 Å². The van der Waals surface area contributed by atoms with Crippen LogP contribution in [0.5, 0.6) is 5.75 Å². The summed E-state index contributed by atoms with van der Waals surface area (Å²) in [6.07, 6.45) is 2.82. The predicted molar refractivity (Wildman–Crippen MR) is 108 cm³/mol. The molecule has 0 aliphatic heterocycles. The summed E-state index contributed by atoms with van der Waals surface area (Å²) in [4.78, 5) is 7.96. The number of rotatable bonds is 9. The molecule has 1 aromatic heterocycles. The van der Waals surface area contributed by atoms with Crippen LogP contribution in [-0.4, -0.2) is 23.1 Å². The third kappa shape index (κ3) is 4.91. The van der Waals surface area contributed by atoms with Crippen LogP contribution in [0, 0.1) is 0 Å². The van der Waals surface area contributed by atoms with Crippen LogP contribution in [0.2, 0.25) is 10.0 Å². The zero-order chi connectivity index (χ0) is 18.4. The number of benzene rings is 2. The molecule has 0 spiro atoms. The van der Waals surface area contributed by atoms with Crippen LogP contribution in [0.25, 0.3) is 11.0 Å². The molecular formula is C20H23Cl2N3O. The monoisotopic (exact) mass is 391 g/mol. The van der Waals surface area contributed by atoms with E-state index in [0.29, 0.717) is 23.2 Å². The predicted octanol–water partition coefficient (Wildman–Crippen LogP) is 5.38. The number of para-hydroxylation sites is 2. The van der Waals surface area contributed by atoms with Crippen LogP contribution in [0.4, 0.5) is 0 Å². The Morgan fingerprint density at radius 1 is 1.19 bits per heavy atom. The molecule has 2 aromatic carbocycles. The summed E-state index contributed by atoms with van der Waals surface area (Å²) >= 11 is 12.4. The summed E-state index contributed by atoms with van der Waals surface area (Å²) in [6.45, 7) is 4.24. The first-order valence-corrected chi connectivity index (χ1v) is 9.68. The van der Waals surface area contributed by atoms with Crippen molar-refractivity contribution >= 4 is 34.2 Å². The lowest BCUT2D eigenvalue weighted by molar-refractivity contribution is 0.313. The molecule has 0 atom stereocenters. The van der Waals surface area contributed by atoms with Gasteiger partial charge < -0.3 is 15.0 Å². The first-order valence-electron chi connectivity index (χ1n) is 8.92. The maximum Gasteiger partial charge on any atom is 0.142 e. The number of aromatic amines is 1. The van der Waals surface area contributed by atoms with Crippen molar-refractivity contribution in [1.29, 1.82) is 0 Å². The SMILES string of the molecule is CCCOc1c(Cl)cc(Cl)cc1CNCCCc1nc2ccccc2[nH]1. The Kier molecular flexibility index (Phi) is 6.78. The fraction of sp³-hybridized carbons (Fsp3) is 0.350. The van der Waals surface area contributed by atoms with E-state index in [9.17, 15) is 0 Å². The number of nitrogens with zero attached hydrogens (tertiary/aromatic N) is 1. The Balaban J connectivity index is 1.51. The quantitative estimate of drug-likeness (QED) is 0.481. The Bertz CT molecular complexity index is 830. The maximum atomic E-state index is 6.28. The second-order valence-electron chi connectivity index (χ2n) is 6.21. The van der Waals surface area contributed by atoms with Crippen LogP contribution in [0.3, 0.4) is 0 Å². The Hall–Kier alpha value is -1.75. The number of halogens is 2.